The third-order valence-corrected chi connectivity index (χ3v) is 4.73. The molecule has 0 amide bonds. The molecule has 1 aromatic rings. The lowest BCUT2D eigenvalue weighted by Gasteiger charge is -2.31. The quantitative estimate of drug-likeness (QED) is 0.835. The molecule has 0 heterocycles. The van der Waals surface area contributed by atoms with Gasteiger partial charge in [0.1, 0.15) is 0 Å². The maximum atomic E-state index is 6.41. The van der Waals surface area contributed by atoms with Crippen molar-refractivity contribution in [1.82, 2.24) is 0 Å². The molecule has 2 N–H and O–H groups in total. The van der Waals surface area contributed by atoms with E-state index in [4.69, 9.17) is 17.3 Å². The van der Waals surface area contributed by atoms with E-state index in [9.17, 15) is 0 Å². The predicted octanol–water partition coefficient (Wildman–Crippen LogP) is 4.39. The summed E-state index contributed by atoms with van der Waals surface area (Å²) in [6.07, 6.45) is 8.88. The van der Waals surface area contributed by atoms with E-state index in [1.165, 1.54) is 49.8 Å². The van der Waals surface area contributed by atoms with Crippen LogP contribution in [0.15, 0.2) is 18.2 Å². The Labute approximate surface area is 128 Å². The second kappa shape index (κ2) is 7.33. The summed E-state index contributed by atoms with van der Waals surface area (Å²) in [5, 5.41) is 0.847. The maximum absolute atomic E-state index is 6.41. The summed E-state index contributed by atoms with van der Waals surface area (Å²) in [5.74, 6) is 0. The molecule has 1 atom stereocenters. The van der Waals surface area contributed by atoms with Crippen molar-refractivity contribution < 1.29 is 0 Å². The third-order valence-electron chi connectivity index (χ3n) is 4.37. The second-order valence-electron chi connectivity index (χ2n) is 6.18. The highest BCUT2D eigenvalue weighted by Crippen LogP contribution is 2.32. The van der Waals surface area contributed by atoms with Crippen molar-refractivity contribution in [2.24, 2.45) is 5.73 Å². The van der Waals surface area contributed by atoms with E-state index in [2.05, 4.69) is 24.1 Å². The Hall–Kier alpha value is -0.730. The Balaban J connectivity index is 2.23. The Bertz CT molecular complexity index is 423. The molecule has 1 fully saturated rings. The standard InChI is InChI=1S/C17H27ClN2/c1-13(19)12-15-16(18)10-7-11-17(15)20(2)14-8-5-3-4-6-9-14/h7,10-11,13-14H,3-6,8-9,12,19H2,1-2H3. The first-order valence-corrected chi connectivity index (χ1v) is 8.23. The van der Waals surface area contributed by atoms with Crippen LogP contribution in [0.25, 0.3) is 0 Å². The maximum Gasteiger partial charge on any atom is 0.0459 e. The van der Waals surface area contributed by atoms with Crippen LogP contribution in [0.1, 0.15) is 51.0 Å². The highest BCUT2D eigenvalue weighted by atomic mass is 35.5. The molecule has 0 aliphatic heterocycles. The molecule has 0 radical (unpaired) electrons. The van der Waals surface area contributed by atoms with E-state index < -0.39 is 0 Å². The Morgan fingerprint density at radius 2 is 1.90 bits per heavy atom. The molecule has 2 nitrogen and oxygen atoms in total. The topological polar surface area (TPSA) is 29.3 Å². The summed E-state index contributed by atoms with van der Waals surface area (Å²) >= 11 is 6.41. The van der Waals surface area contributed by atoms with Gasteiger partial charge in [-0.2, -0.15) is 0 Å². The first-order valence-electron chi connectivity index (χ1n) is 7.85. The van der Waals surface area contributed by atoms with Crippen molar-refractivity contribution in [2.45, 2.75) is 64.0 Å². The molecule has 1 aromatic carbocycles. The van der Waals surface area contributed by atoms with Gasteiger partial charge in [0, 0.05) is 29.8 Å². The summed E-state index contributed by atoms with van der Waals surface area (Å²) in [7, 11) is 2.21. The van der Waals surface area contributed by atoms with Crippen LogP contribution in [0.4, 0.5) is 5.69 Å². The Morgan fingerprint density at radius 1 is 1.25 bits per heavy atom. The zero-order chi connectivity index (χ0) is 14.5. The number of anilines is 1. The molecule has 1 unspecified atom stereocenters. The van der Waals surface area contributed by atoms with Crippen molar-refractivity contribution in [3.63, 3.8) is 0 Å². The van der Waals surface area contributed by atoms with Crippen molar-refractivity contribution in [3.05, 3.63) is 28.8 Å². The predicted molar refractivity (Wildman–Crippen MR) is 88.7 cm³/mol. The van der Waals surface area contributed by atoms with Crippen LogP contribution in [0.5, 0.6) is 0 Å². The zero-order valence-electron chi connectivity index (χ0n) is 12.7. The number of hydrogen-bond donors (Lipinski definition) is 1. The smallest absolute Gasteiger partial charge is 0.0459 e. The van der Waals surface area contributed by atoms with Gasteiger partial charge >= 0.3 is 0 Å². The van der Waals surface area contributed by atoms with Crippen LogP contribution in [-0.4, -0.2) is 19.1 Å². The zero-order valence-corrected chi connectivity index (χ0v) is 13.5. The lowest BCUT2D eigenvalue weighted by molar-refractivity contribution is 0.551. The van der Waals surface area contributed by atoms with Crippen LogP contribution in [0.2, 0.25) is 5.02 Å². The van der Waals surface area contributed by atoms with Gasteiger partial charge in [-0.15, -0.1) is 0 Å². The van der Waals surface area contributed by atoms with E-state index in [0.29, 0.717) is 6.04 Å². The number of halogens is 1. The first kappa shape index (κ1) is 15.7. The fraction of sp³-hybridized carbons (Fsp3) is 0.647. The summed E-state index contributed by atoms with van der Waals surface area (Å²) < 4.78 is 0. The minimum atomic E-state index is 0.135. The molecule has 1 aliphatic rings. The van der Waals surface area contributed by atoms with Gasteiger partial charge < -0.3 is 10.6 Å². The van der Waals surface area contributed by atoms with Crippen LogP contribution in [0, 0.1) is 0 Å². The average Bonchev–Trinajstić information content (AvgIpc) is 2.69. The third kappa shape index (κ3) is 3.89. The van der Waals surface area contributed by atoms with Crippen molar-refractivity contribution in [3.8, 4) is 0 Å². The molecule has 1 aliphatic carbocycles. The second-order valence-corrected chi connectivity index (χ2v) is 6.58. The summed E-state index contributed by atoms with van der Waals surface area (Å²) in [6, 6.07) is 6.99. The molecule has 112 valence electrons. The molecule has 0 spiro atoms. The molecular weight excluding hydrogens is 268 g/mol. The highest BCUT2D eigenvalue weighted by Gasteiger charge is 2.20. The van der Waals surface area contributed by atoms with Gasteiger partial charge in [0.2, 0.25) is 0 Å². The van der Waals surface area contributed by atoms with Gasteiger partial charge in [-0.3, -0.25) is 0 Å². The molecule has 20 heavy (non-hydrogen) atoms. The summed E-state index contributed by atoms with van der Waals surface area (Å²) in [6.45, 7) is 2.04. The van der Waals surface area contributed by atoms with Crippen molar-refractivity contribution >= 4 is 17.3 Å². The molecule has 0 saturated heterocycles. The minimum Gasteiger partial charge on any atom is -0.371 e. The van der Waals surface area contributed by atoms with E-state index in [1.807, 2.05) is 13.0 Å². The Morgan fingerprint density at radius 3 is 2.50 bits per heavy atom. The minimum absolute atomic E-state index is 0.135. The number of benzene rings is 1. The first-order chi connectivity index (χ1) is 9.59. The van der Waals surface area contributed by atoms with Crippen LogP contribution in [-0.2, 0) is 6.42 Å². The Kier molecular flexibility index (Phi) is 5.74. The van der Waals surface area contributed by atoms with Gasteiger partial charge in [-0.25, -0.2) is 0 Å². The lowest BCUT2D eigenvalue weighted by atomic mass is 10.0. The fourth-order valence-electron chi connectivity index (χ4n) is 3.24. The van der Waals surface area contributed by atoms with E-state index >= 15 is 0 Å². The van der Waals surface area contributed by atoms with E-state index in [0.717, 1.165) is 11.4 Å². The number of hydrogen-bond acceptors (Lipinski definition) is 2. The van der Waals surface area contributed by atoms with E-state index in [-0.39, 0.29) is 6.04 Å². The van der Waals surface area contributed by atoms with Gasteiger partial charge in [0.25, 0.3) is 0 Å². The number of nitrogens with zero attached hydrogens (tertiary/aromatic N) is 1. The number of rotatable bonds is 4. The lowest BCUT2D eigenvalue weighted by Crippen LogP contribution is -2.32. The normalized spacial score (nSPS) is 18.6. The molecule has 0 bridgehead atoms. The highest BCUT2D eigenvalue weighted by molar-refractivity contribution is 6.31. The monoisotopic (exact) mass is 294 g/mol. The van der Waals surface area contributed by atoms with Crippen LogP contribution >= 0.6 is 11.6 Å². The van der Waals surface area contributed by atoms with Gasteiger partial charge in [0.15, 0.2) is 0 Å². The summed E-state index contributed by atoms with van der Waals surface area (Å²) in [5.41, 5.74) is 8.46. The van der Waals surface area contributed by atoms with Gasteiger partial charge in [0.05, 0.1) is 0 Å². The van der Waals surface area contributed by atoms with Crippen molar-refractivity contribution in [1.29, 1.82) is 0 Å². The SMILES string of the molecule is CC(N)Cc1c(Cl)cccc1N(C)C1CCCCCC1. The van der Waals surface area contributed by atoms with Gasteiger partial charge in [-0.1, -0.05) is 43.4 Å². The summed E-state index contributed by atoms with van der Waals surface area (Å²) in [4.78, 5) is 2.44. The molecule has 3 heteroatoms. The molecular formula is C17H27ClN2. The number of nitrogens with two attached hydrogens (primary N) is 1. The van der Waals surface area contributed by atoms with Gasteiger partial charge in [-0.05, 0) is 43.9 Å². The molecule has 0 aromatic heterocycles. The van der Waals surface area contributed by atoms with E-state index in [1.54, 1.807) is 0 Å². The largest absolute Gasteiger partial charge is 0.371 e. The molecule has 1 saturated carbocycles. The average molecular weight is 295 g/mol. The fourth-order valence-corrected chi connectivity index (χ4v) is 3.49. The van der Waals surface area contributed by atoms with Crippen LogP contribution < -0.4 is 10.6 Å². The van der Waals surface area contributed by atoms with Crippen LogP contribution in [0.3, 0.4) is 0 Å². The van der Waals surface area contributed by atoms with Crippen molar-refractivity contribution in [2.75, 3.05) is 11.9 Å². The molecule has 2 rings (SSSR count).